The third-order valence-electron chi connectivity index (χ3n) is 3.22. The Bertz CT molecular complexity index is 545. The van der Waals surface area contributed by atoms with E-state index in [1.807, 2.05) is 24.3 Å². The van der Waals surface area contributed by atoms with Crippen molar-refractivity contribution < 1.29 is 14.8 Å². The SMILES string of the molecule is CC[C@H](CO)[NH2+]Cc1ccc(-c2cc(Cl)cc(Cl)c2)o1. The summed E-state index contributed by atoms with van der Waals surface area (Å²) in [4.78, 5) is 0. The van der Waals surface area contributed by atoms with E-state index in [4.69, 9.17) is 32.7 Å². The van der Waals surface area contributed by atoms with Crippen molar-refractivity contribution in [2.24, 2.45) is 0 Å². The van der Waals surface area contributed by atoms with Crippen LogP contribution in [0.1, 0.15) is 19.1 Å². The predicted octanol–water partition coefficient (Wildman–Crippen LogP) is 3.09. The van der Waals surface area contributed by atoms with Crippen molar-refractivity contribution in [3.8, 4) is 11.3 Å². The molecule has 0 amide bonds. The lowest BCUT2D eigenvalue weighted by molar-refractivity contribution is -0.707. The van der Waals surface area contributed by atoms with Crippen molar-refractivity contribution in [2.45, 2.75) is 25.9 Å². The van der Waals surface area contributed by atoms with Crippen LogP contribution in [0.3, 0.4) is 0 Å². The monoisotopic (exact) mass is 314 g/mol. The minimum Gasteiger partial charge on any atom is -0.455 e. The quantitative estimate of drug-likeness (QED) is 0.860. The van der Waals surface area contributed by atoms with E-state index in [1.165, 1.54) is 0 Å². The number of aliphatic hydroxyl groups excluding tert-OH is 1. The Morgan fingerprint density at radius 3 is 2.50 bits per heavy atom. The third kappa shape index (κ3) is 4.00. The largest absolute Gasteiger partial charge is 0.455 e. The standard InChI is InChI=1S/C15H17Cl2NO2/c1-2-13(9-19)18-8-14-3-4-15(20-14)10-5-11(16)7-12(17)6-10/h3-7,13,18-19H,2,8-9H2,1H3/p+1/t13-/m1/s1. The molecule has 0 spiro atoms. The second-order valence-electron chi connectivity index (χ2n) is 4.71. The number of nitrogens with two attached hydrogens (primary N) is 1. The third-order valence-corrected chi connectivity index (χ3v) is 3.66. The molecule has 2 rings (SSSR count). The summed E-state index contributed by atoms with van der Waals surface area (Å²) in [6.07, 6.45) is 0.925. The Balaban J connectivity index is 2.08. The summed E-state index contributed by atoms with van der Waals surface area (Å²) in [5.41, 5.74) is 0.864. The summed E-state index contributed by atoms with van der Waals surface area (Å²) in [5, 5.41) is 12.4. The summed E-state index contributed by atoms with van der Waals surface area (Å²) in [6.45, 7) is 2.93. The van der Waals surface area contributed by atoms with Gasteiger partial charge in [0.1, 0.15) is 18.3 Å². The fourth-order valence-corrected chi connectivity index (χ4v) is 2.52. The minimum atomic E-state index is 0.175. The van der Waals surface area contributed by atoms with Gasteiger partial charge in [0.15, 0.2) is 5.76 Å². The van der Waals surface area contributed by atoms with Gasteiger partial charge in [-0.2, -0.15) is 0 Å². The van der Waals surface area contributed by atoms with Crippen LogP contribution < -0.4 is 5.32 Å². The van der Waals surface area contributed by atoms with Crippen LogP contribution in [0.4, 0.5) is 0 Å². The van der Waals surface area contributed by atoms with Crippen LogP contribution >= 0.6 is 23.2 Å². The first-order valence-corrected chi connectivity index (χ1v) is 7.37. The molecule has 3 nitrogen and oxygen atoms in total. The minimum absolute atomic E-state index is 0.175. The van der Waals surface area contributed by atoms with E-state index in [1.54, 1.807) is 6.07 Å². The molecule has 5 heteroatoms. The lowest BCUT2D eigenvalue weighted by Crippen LogP contribution is -2.89. The highest BCUT2D eigenvalue weighted by Gasteiger charge is 2.11. The van der Waals surface area contributed by atoms with Gasteiger partial charge in [0.2, 0.25) is 0 Å². The van der Waals surface area contributed by atoms with Crippen LogP contribution in [-0.4, -0.2) is 17.8 Å². The molecule has 1 aromatic carbocycles. The second kappa shape index (κ2) is 7.14. The molecular formula is C15H18Cl2NO2+. The van der Waals surface area contributed by atoms with Gasteiger partial charge < -0.3 is 14.8 Å². The predicted molar refractivity (Wildman–Crippen MR) is 81.0 cm³/mol. The summed E-state index contributed by atoms with van der Waals surface area (Å²) in [7, 11) is 0. The van der Waals surface area contributed by atoms with Gasteiger partial charge in [-0.25, -0.2) is 0 Å². The number of hydrogen-bond acceptors (Lipinski definition) is 2. The molecule has 0 radical (unpaired) electrons. The van der Waals surface area contributed by atoms with Gasteiger partial charge in [0.25, 0.3) is 0 Å². The molecule has 1 atom stereocenters. The van der Waals surface area contributed by atoms with Gasteiger partial charge in [-0.1, -0.05) is 30.1 Å². The number of rotatable bonds is 6. The normalized spacial score (nSPS) is 12.6. The first kappa shape index (κ1) is 15.4. The highest BCUT2D eigenvalue weighted by atomic mass is 35.5. The van der Waals surface area contributed by atoms with Gasteiger partial charge in [-0.3, -0.25) is 0 Å². The van der Waals surface area contributed by atoms with Crippen molar-refractivity contribution in [1.29, 1.82) is 0 Å². The fraction of sp³-hybridized carbons (Fsp3) is 0.333. The first-order chi connectivity index (χ1) is 9.62. The van der Waals surface area contributed by atoms with E-state index in [9.17, 15) is 0 Å². The molecule has 0 aliphatic rings. The Morgan fingerprint density at radius 1 is 1.20 bits per heavy atom. The van der Waals surface area contributed by atoms with Crippen molar-refractivity contribution in [3.63, 3.8) is 0 Å². The zero-order chi connectivity index (χ0) is 14.5. The van der Waals surface area contributed by atoms with Crippen LogP contribution in [-0.2, 0) is 6.54 Å². The van der Waals surface area contributed by atoms with E-state index in [2.05, 4.69) is 12.2 Å². The smallest absolute Gasteiger partial charge is 0.158 e. The van der Waals surface area contributed by atoms with Crippen LogP contribution in [0, 0.1) is 0 Å². The molecule has 1 heterocycles. The maximum Gasteiger partial charge on any atom is 0.158 e. The maximum absolute atomic E-state index is 9.16. The first-order valence-electron chi connectivity index (χ1n) is 6.61. The fourth-order valence-electron chi connectivity index (χ4n) is 1.99. The highest BCUT2D eigenvalue weighted by molar-refractivity contribution is 6.35. The van der Waals surface area contributed by atoms with E-state index in [0.29, 0.717) is 16.6 Å². The Labute approximate surface area is 128 Å². The number of quaternary nitrogens is 1. The zero-order valence-electron chi connectivity index (χ0n) is 11.3. The zero-order valence-corrected chi connectivity index (χ0v) is 12.8. The summed E-state index contributed by atoms with van der Waals surface area (Å²) >= 11 is 12.0. The topological polar surface area (TPSA) is 50.0 Å². The lowest BCUT2D eigenvalue weighted by atomic mass is 10.2. The van der Waals surface area contributed by atoms with Gasteiger partial charge in [-0.15, -0.1) is 0 Å². The molecule has 0 aliphatic carbocycles. The summed E-state index contributed by atoms with van der Waals surface area (Å²) in [5.74, 6) is 1.61. The summed E-state index contributed by atoms with van der Waals surface area (Å²) < 4.78 is 5.79. The van der Waals surface area contributed by atoms with Crippen molar-refractivity contribution in [1.82, 2.24) is 0 Å². The molecule has 0 saturated heterocycles. The molecule has 2 aromatic rings. The molecule has 0 bridgehead atoms. The molecule has 20 heavy (non-hydrogen) atoms. The van der Waals surface area contributed by atoms with Crippen LogP contribution in [0.25, 0.3) is 11.3 Å². The van der Waals surface area contributed by atoms with Gasteiger partial charge >= 0.3 is 0 Å². The Hall–Kier alpha value is -1.00. The van der Waals surface area contributed by atoms with E-state index in [0.717, 1.165) is 23.5 Å². The molecule has 0 unspecified atom stereocenters. The number of furan rings is 1. The van der Waals surface area contributed by atoms with Crippen molar-refractivity contribution >= 4 is 23.2 Å². The van der Waals surface area contributed by atoms with Crippen LogP contribution in [0.2, 0.25) is 10.0 Å². The van der Waals surface area contributed by atoms with E-state index in [-0.39, 0.29) is 12.6 Å². The summed E-state index contributed by atoms with van der Waals surface area (Å²) in [6, 6.07) is 9.39. The maximum atomic E-state index is 9.16. The molecule has 0 saturated carbocycles. The van der Waals surface area contributed by atoms with Crippen molar-refractivity contribution in [3.05, 3.63) is 46.1 Å². The number of aliphatic hydroxyl groups is 1. The molecular weight excluding hydrogens is 297 g/mol. The Morgan fingerprint density at radius 2 is 1.90 bits per heavy atom. The number of hydrogen-bond donors (Lipinski definition) is 2. The lowest BCUT2D eigenvalue weighted by Gasteiger charge is -2.08. The average molecular weight is 315 g/mol. The molecule has 0 fully saturated rings. The molecule has 108 valence electrons. The van der Waals surface area contributed by atoms with Crippen LogP contribution in [0.5, 0.6) is 0 Å². The van der Waals surface area contributed by atoms with Gasteiger partial charge in [0, 0.05) is 15.6 Å². The Kier molecular flexibility index (Phi) is 5.49. The van der Waals surface area contributed by atoms with Gasteiger partial charge in [-0.05, 0) is 36.8 Å². The number of halogens is 2. The second-order valence-corrected chi connectivity index (χ2v) is 5.59. The molecule has 1 aromatic heterocycles. The van der Waals surface area contributed by atoms with E-state index < -0.39 is 0 Å². The van der Waals surface area contributed by atoms with Crippen molar-refractivity contribution in [2.75, 3.05) is 6.61 Å². The highest BCUT2D eigenvalue weighted by Crippen LogP contribution is 2.28. The molecule has 3 N–H and O–H groups in total. The van der Waals surface area contributed by atoms with E-state index >= 15 is 0 Å². The van der Waals surface area contributed by atoms with Crippen LogP contribution in [0.15, 0.2) is 34.7 Å². The number of benzene rings is 1. The van der Waals surface area contributed by atoms with Gasteiger partial charge in [0.05, 0.1) is 6.61 Å². The average Bonchev–Trinajstić information content (AvgIpc) is 2.88. The molecule has 0 aliphatic heterocycles.